The molecule has 1 aromatic rings. The molecule has 0 heterocycles. The average Bonchev–Trinajstić information content (AvgIpc) is 2.38. The van der Waals surface area contributed by atoms with E-state index >= 15 is 0 Å². The summed E-state index contributed by atoms with van der Waals surface area (Å²) in [6.45, 7) is 2.14. The molecule has 0 saturated carbocycles. The van der Waals surface area contributed by atoms with Gasteiger partial charge >= 0.3 is 0 Å². The molecule has 18 heavy (non-hydrogen) atoms. The molecule has 0 bridgehead atoms. The van der Waals surface area contributed by atoms with Gasteiger partial charge in [0, 0.05) is 13.2 Å². The molecule has 1 aliphatic carbocycles. The van der Waals surface area contributed by atoms with Crippen LogP contribution in [0.15, 0.2) is 12.1 Å². The number of aliphatic hydroxyl groups excluding tert-OH is 2. The van der Waals surface area contributed by atoms with Crippen molar-refractivity contribution in [1.82, 2.24) is 0 Å². The zero-order valence-corrected chi connectivity index (χ0v) is 10.8. The minimum atomic E-state index is 0.0373. The van der Waals surface area contributed by atoms with Crippen LogP contribution in [0.25, 0.3) is 0 Å². The SMILES string of the molecule is COc1cc2c(cc1O)[C@H](C)[C@@H](CO)[C@@H](CO)C2. The van der Waals surface area contributed by atoms with E-state index in [-0.39, 0.29) is 36.7 Å². The normalized spacial score (nSPS) is 26.8. The van der Waals surface area contributed by atoms with Gasteiger partial charge in [-0.2, -0.15) is 0 Å². The lowest BCUT2D eigenvalue weighted by Gasteiger charge is -2.36. The Bertz CT molecular complexity index is 430. The molecule has 0 aliphatic heterocycles. The summed E-state index contributed by atoms with van der Waals surface area (Å²) < 4.78 is 5.11. The smallest absolute Gasteiger partial charge is 0.160 e. The van der Waals surface area contributed by atoms with Crippen LogP contribution in [-0.4, -0.2) is 35.6 Å². The fourth-order valence-electron chi connectivity index (χ4n) is 2.97. The zero-order valence-electron chi connectivity index (χ0n) is 10.8. The highest BCUT2D eigenvalue weighted by Gasteiger charge is 2.34. The van der Waals surface area contributed by atoms with Crippen molar-refractivity contribution in [2.75, 3.05) is 20.3 Å². The van der Waals surface area contributed by atoms with E-state index in [9.17, 15) is 15.3 Å². The van der Waals surface area contributed by atoms with Crippen LogP contribution >= 0.6 is 0 Å². The van der Waals surface area contributed by atoms with Crippen molar-refractivity contribution >= 4 is 0 Å². The van der Waals surface area contributed by atoms with Gasteiger partial charge in [0.05, 0.1) is 7.11 Å². The number of fused-ring (bicyclic) bond motifs is 1. The Labute approximate surface area is 107 Å². The monoisotopic (exact) mass is 252 g/mol. The van der Waals surface area contributed by atoms with E-state index in [0.717, 1.165) is 11.1 Å². The second-order valence-electron chi connectivity index (χ2n) is 5.00. The standard InChI is InChI=1S/C14H20O4/c1-8-11-5-13(17)14(18-2)4-9(11)3-10(6-15)12(8)7-16/h4-5,8,10,12,15-17H,3,6-7H2,1-2H3/t8-,10+,12+/m0/s1. The third-order valence-electron chi connectivity index (χ3n) is 4.11. The fraction of sp³-hybridized carbons (Fsp3) is 0.571. The molecule has 3 atom stereocenters. The molecule has 0 saturated heterocycles. The summed E-state index contributed by atoms with van der Waals surface area (Å²) in [5.74, 6) is 0.803. The van der Waals surface area contributed by atoms with Gasteiger partial charge in [-0.25, -0.2) is 0 Å². The van der Waals surface area contributed by atoms with E-state index in [1.54, 1.807) is 6.07 Å². The van der Waals surface area contributed by atoms with E-state index in [1.807, 2.05) is 13.0 Å². The maximum absolute atomic E-state index is 9.83. The van der Waals surface area contributed by atoms with Gasteiger partial charge in [0.2, 0.25) is 0 Å². The minimum absolute atomic E-state index is 0.0373. The van der Waals surface area contributed by atoms with Gasteiger partial charge < -0.3 is 20.1 Å². The molecule has 4 nitrogen and oxygen atoms in total. The Balaban J connectivity index is 2.45. The number of ether oxygens (including phenoxy) is 1. The number of aliphatic hydroxyl groups is 2. The highest BCUT2D eigenvalue weighted by Crippen LogP contribution is 2.43. The predicted molar refractivity (Wildman–Crippen MR) is 67.9 cm³/mol. The second-order valence-corrected chi connectivity index (χ2v) is 5.00. The average molecular weight is 252 g/mol. The van der Waals surface area contributed by atoms with Gasteiger partial charge in [0.25, 0.3) is 0 Å². The minimum Gasteiger partial charge on any atom is -0.504 e. The Kier molecular flexibility index (Phi) is 3.78. The first-order chi connectivity index (χ1) is 8.62. The zero-order chi connectivity index (χ0) is 13.3. The molecular weight excluding hydrogens is 232 g/mol. The van der Waals surface area contributed by atoms with E-state index < -0.39 is 0 Å². The number of hydrogen-bond donors (Lipinski definition) is 3. The van der Waals surface area contributed by atoms with Crippen molar-refractivity contribution in [2.45, 2.75) is 19.3 Å². The molecule has 1 aromatic carbocycles. The van der Waals surface area contributed by atoms with Crippen molar-refractivity contribution in [1.29, 1.82) is 0 Å². The molecular formula is C14H20O4. The summed E-state index contributed by atoms with van der Waals surface area (Å²) in [5, 5.41) is 28.7. The van der Waals surface area contributed by atoms with Crippen LogP contribution in [0.1, 0.15) is 24.0 Å². The van der Waals surface area contributed by atoms with Crippen molar-refractivity contribution in [2.24, 2.45) is 11.8 Å². The van der Waals surface area contributed by atoms with E-state index in [2.05, 4.69) is 0 Å². The summed E-state index contributed by atoms with van der Waals surface area (Å²) >= 11 is 0. The van der Waals surface area contributed by atoms with Crippen molar-refractivity contribution < 1.29 is 20.1 Å². The molecule has 4 heteroatoms. The third-order valence-corrected chi connectivity index (χ3v) is 4.11. The van der Waals surface area contributed by atoms with Gasteiger partial charge in [-0.05, 0) is 47.4 Å². The van der Waals surface area contributed by atoms with Gasteiger partial charge in [-0.3, -0.25) is 0 Å². The Morgan fingerprint density at radius 3 is 2.56 bits per heavy atom. The Morgan fingerprint density at radius 2 is 2.00 bits per heavy atom. The highest BCUT2D eigenvalue weighted by atomic mass is 16.5. The van der Waals surface area contributed by atoms with Crippen LogP contribution in [-0.2, 0) is 6.42 Å². The summed E-state index contributed by atoms with van der Waals surface area (Å²) in [7, 11) is 1.52. The van der Waals surface area contributed by atoms with Crippen LogP contribution in [0, 0.1) is 11.8 Å². The number of methoxy groups -OCH3 is 1. The van der Waals surface area contributed by atoms with Crippen LogP contribution < -0.4 is 4.74 Å². The van der Waals surface area contributed by atoms with Crippen LogP contribution in [0.3, 0.4) is 0 Å². The van der Waals surface area contributed by atoms with Crippen LogP contribution in [0.5, 0.6) is 11.5 Å². The van der Waals surface area contributed by atoms with Gasteiger partial charge in [0.1, 0.15) is 0 Å². The van der Waals surface area contributed by atoms with Crippen molar-refractivity contribution in [3.63, 3.8) is 0 Å². The molecule has 0 radical (unpaired) electrons. The third kappa shape index (κ3) is 2.06. The number of hydrogen-bond acceptors (Lipinski definition) is 4. The number of phenols is 1. The molecule has 0 amide bonds. The Morgan fingerprint density at radius 1 is 1.28 bits per heavy atom. The van der Waals surface area contributed by atoms with Gasteiger partial charge in [-0.15, -0.1) is 0 Å². The molecule has 2 rings (SSSR count). The fourth-order valence-corrected chi connectivity index (χ4v) is 2.97. The van der Waals surface area contributed by atoms with Crippen molar-refractivity contribution in [3.8, 4) is 11.5 Å². The Hall–Kier alpha value is -1.26. The number of aromatic hydroxyl groups is 1. The quantitative estimate of drug-likeness (QED) is 0.758. The molecule has 100 valence electrons. The second kappa shape index (κ2) is 5.16. The molecule has 3 N–H and O–H groups in total. The van der Waals surface area contributed by atoms with Gasteiger partial charge in [-0.1, -0.05) is 6.92 Å². The van der Waals surface area contributed by atoms with E-state index in [4.69, 9.17) is 4.74 Å². The van der Waals surface area contributed by atoms with E-state index in [0.29, 0.717) is 12.2 Å². The lowest BCUT2D eigenvalue weighted by molar-refractivity contribution is 0.0967. The topological polar surface area (TPSA) is 69.9 Å². The largest absolute Gasteiger partial charge is 0.504 e. The van der Waals surface area contributed by atoms with Crippen LogP contribution in [0.2, 0.25) is 0 Å². The van der Waals surface area contributed by atoms with Crippen LogP contribution in [0.4, 0.5) is 0 Å². The number of rotatable bonds is 3. The summed E-state index contributed by atoms with van der Waals surface area (Å²) in [6.07, 6.45) is 0.706. The lowest BCUT2D eigenvalue weighted by Crippen LogP contribution is -2.33. The van der Waals surface area contributed by atoms with E-state index in [1.165, 1.54) is 7.11 Å². The first-order valence-electron chi connectivity index (χ1n) is 6.23. The molecule has 0 unspecified atom stereocenters. The summed E-state index contributed by atoms with van der Waals surface area (Å²) in [5.41, 5.74) is 2.12. The molecule has 1 aliphatic rings. The van der Waals surface area contributed by atoms with Gasteiger partial charge in [0.15, 0.2) is 11.5 Å². The number of benzene rings is 1. The summed E-state index contributed by atoms with van der Waals surface area (Å²) in [4.78, 5) is 0. The molecule has 0 fully saturated rings. The highest BCUT2D eigenvalue weighted by molar-refractivity contribution is 5.49. The predicted octanol–water partition coefficient (Wildman–Crippen LogP) is 1.28. The first kappa shape index (κ1) is 13.2. The van der Waals surface area contributed by atoms with Crippen molar-refractivity contribution in [3.05, 3.63) is 23.3 Å². The first-order valence-corrected chi connectivity index (χ1v) is 6.23. The maximum atomic E-state index is 9.83. The molecule has 0 spiro atoms. The maximum Gasteiger partial charge on any atom is 0.160 e. The lowest BCUT2D eigenvalue weighted by atomic mass is 9.70. The number of phenolic OH excluding ortho intramolecular Hbond substituents is 1. The summed E-state index contributed by atoms with van der Waals surface area (Å²) in [6, 6.07) is 3.55. The molecule has 0 aromatic heterocycles.